The Balaban J connectivity index is 1.45. The third-order valence-electron chi connectivity index (χ3n) is 5.64. The second-order valence-corrected chi connectivity index (χ2v) is 7.44. The van der Waals surface area contributed by atoms with Crippen molar-refractivity contribution >= 4 is 18.0 Å². The molecule has 0 atom stereocenters. The van der Waals surface area contributed by atoms with Gasteiger partial charge in [-0.1, -0.05) is 6.07 Å². The molecule has 3 aliphatic rings. The Kier molecular flexibility index (Phi) is 5.27. The number of amides is 2. The van der Waals surface area contributed by atoms with Gasteiger partial charge in [0.15, 0.2) is 11.5 Å². The number of ether oxygens (including phenoxy) is 4. The maximum Gasteiger partial charge on any atom is 0.409 e. The predicted molar refractivity (Wildman–Crippen MR) is 104 cm³/mol. The first-order valence-corrected chi connectivity index (χ1v) is 9.96. The summed E-state index contributed by atoms with van der Waals surface area (Å²) in [7, 11) is 0. The minimum atomic E-state index is -1.01. The molecule has 1 aromatic carbocycles. The summed E-state index contributed by atoms with van der Waals surface area (Å²) < 4.78 is 21.3. The molecule has 1 fully saturated rings. The van der Waals surface area contributed by atoms with Gasteiger partial charge in [0.2, 0.25) is 6.79 Å². The highest BCUT2D eigenvalue weighted by molar-refractivity contribution is 6.07. The second-order valence-electron chi connectivity index (χ2n) is 7.44. The van der Waals surface area contributed by atoms with Crippen LogP contribution in [0.2, 0.25) is 0 Å². The first-order valence-electron chi connectivity index (χ1n) is 9.96. The number of hydrogen-bond acceptors (Lipinski definition) is 7. The molecule has 1 aromatic rings. The van der Waals surface area contributed by atoms with Gasteiger partial charge in [0.1, 0.15) is 5.60 Å². The van der Waals surface area contributed by atoms with Gasteiger partial charge in [-0.25, -0.2) is 9.59 Å². The van der Waals surface area contributed by atoms with Crippen LogP contribution in [0, 0.1) is 0 Å². The van der Waals surface area contributed by atoms with Gasteiger partial charge >= 0.3 is 12.1 Å². The van der Waals surface area contributed by atoms with Gasteiger partial charge in [-0.05, 0) is 31.5 Å². The van der Waals surface area contributed by atoms with E-state index in [1.54, 1.807) is 24.8 Å². The lowest BCUT2D eigenvalue weighted by Crippen LogP contribution is -2.50. The summed E-state index contributed by atoms with van der Waals surface area (Å²) in [5.41, 5.74) is 0.491. The first kappa shape index (κ1) is 20.1. The fraction of sp³-hybridized carbons (Fsp3) is 0.476. The van der Waals surface area contributed by atoms with E-state index in [-0.39, 0.29) is 19.2 Å². The van der Waals surface area contributed by atoms with Gasteiger partial charge in [-0.2, -0.15) is 0 Å². The molecule has 4 rings (SSSR count). The number of rotatable bonds is 4. The molecule has 1 N–H and O–H groups in total. The van der Waals surface area contributed by atoms with Gasteiger partial charge in [-0.15, -0.1) is 0 Å². The van der Waals surface area contributed by atoms with E-state index in [4.69, 9.17) is 18.9 Å². The normalized spacial score (nSPS) is 19.1. The number of nitrogens with zero attached hydrogens (tertiary/aromatic N) is 1. The molecule has 9 nitrogen and oxygen atoms in total. The largest absolute Gasteiger partial charge is 0.454 e. The Hall–Kier alpha value is -3.23. The Morgan fingerprint density at radius 2 is 1.93 bits per heavy atom. The number of fused-ring (bicyclic) bond motifs is 1. The summed E-state index contributed by atoms with van der Waals surface area (Å²) in [5.74, 6) is 0.471. The predicted octanol–water partition coefficient (Wildman–Crippen LogP) is 1.90. The van der Waals surface area contributed by atoms with Crippen molar-refractivity contribution < 1.29 is 33.3 Å². The van der Waals surface area contributed by atoms with E-state index >= 15 is 0 Å². The van der Waals surface area contributed by atoms with Crippen molar-refractivity contribution in [2.24, 2.45) is 0 Å². The first-order chi connectivity index (χ1) is 14.4. The van der Waals surface area contributed by atoms with E-state index in [1.165, 1.54) is 0 Å². The smallest absolute Gasteiger partial charge is 0.409 e. The van der Waals surface area contributed by atoms with E-state index in [0.29, 0.717) is 55.2 Å². The molecular formula is C21H24N2O7. The molecule has 0 unspecified atom stereocenters. The summed E-state index contributed by atoms with van der Waals surface area (Å²) in [4.78, 5) is 38.9. The van der Waals surface area contributed by atoms with Gasteiger partial charge in [0.05, 0.1) is 12.2 Å². The fourth-order valence-corrected chi connectivity index (χ4v) is 4.06. The minimum absolute atomic E-state index is 0.183. The summed E-state index contributed by atoms with van der Waals surface area (Å²) in [6.07, 6.45) is 0.301. The quantitative estimate of drug-likeness (QED) is 0.748. The standard InChI is InChI=1S/C21H24N2O7/c1-3-27-20(26)23-8-6-21(7-9-23)17(13(2)19(25)30-21)18(24)22-11-14-4-5-15-16(10-14)29-12-28-15/h4-5,10H,3,6-9,11-12H2,1-2H3,(H,22,24). The van der Waals surface area contributed by atoms with Crippen LogP contribution in [-0.2, 0) is 25.6 Å². The Bertz CT molecular complexity index is 916. The van der Waals surface area contributed by atoms with Gasteiger partial charge < -0.3 is 29.2 Å². The highest BCUT2D eigenvalue weighted by atomic mass is 16.7. The molecule has 3 aliphatic heterocycles. The second kappa shape index (κ2) is 7.89. The number of benzene rings is 1. The molecule has 0 radical (unpaired) electrons. The van der Waals surface area contributed by atoms with E-state index in [1.807, 2.05) is 12.1 Å². The molecule has 3 heterocycles. The van der Waals surface area contributed by atoms with Crippen molar-refractivity contribution in [1.29, 1.82) is 0 Å². The molecule has 9 heteroatoms. The molecule has 0 saturated carbocycles. The number of carbonyl (C=O) groups excluding carboxylic acids is 3. The van der Waals surface area contributed by atoms with Crippen molar-refractivity contribution in [3.05, 3.63) is 34.9 Å². The summed E-state index contributed by atoms with van der Waals surface area (Å²) >= 11 is 0. The van der Waals surface area contributed by atoms with Crippen LogP contribution in [0.5, 0.6) is 11.5 Å². The van der Waals surface area contributed by atoms with Crippen molar-refractivity contribution in [3.8, 4) is 11.5 Å². The molecule has 1 spiro atoms. The number of likely N-dealkylation sites (tertiary alicyclic amines) is 1. The van der Waals surface area contributed by atoms with Crippen LogP contribution in [0.15, 0.2) is 29.3 Å². The summed E-state index contributed by atoms with van der Waals surface area (Å²) in [6, 6.07) is 5.45. The van der Waals surface area contributed by atoms with E-state index in [0.717, 1.165) is 5.56 Å². The molecule has 160 valence electrons. The van der Waals surface area contributed by atoms with Crippen LogP contribution >= 0.6 is 0 Å². The number of hydrogen-bond donors (Lipinski definition) is 1. The van der Waals surface area contributed by atoms with Gasteiger partial charge in [-0.3, -0.25) is 4.79 Å². The van der Waals surface area contributed by atoms with Crippen LogP contribution in [0.3, 0.4) is 0 Å². The topological polar surface area (TPSA) is 103 Å². The number of nitrogens with one attached hydrogen (secondary N) is 1. The molecule has 0 bridgehead atoms. The molecule has 30 heavy (non-hydrogen) atoms. The van der Waals surface area contributed by atoms with Crippen LogP contribution in [0.1, 0.15) is 32.3 Å². The van der Waals surface area contributed by atoms with Crippen LogP contribution in [0.25, 0.3) is 0 Å². The lowest BCUT2D eigenvalue weighted by Gasteiger charge is -2.38. The van der Waals surface area contributed by atoms with Crippen molar-refractivity contribution in [1.82, 2.24) is 10.2 Å². The van der Waals surface area contributed by atoms with Crippen molar-refractivity contribution in [3.63, 3.8) is 0 Å². The average Bonchev–Trinajstić information content (AvgIpc) is 3.29. The van der Waals surface area contributed by atoms with E-state index in [2.05, 4.69) is 5.32 Å². The summed E-state index contributed by atoms with van der Waals surface area (Å²) in [6.45, 7) is 4.78. The lowest BCUT2D eigenvalue weighted by atomic mass is 9.83. The fourth-order valence-electron chi connectivity index (χ4n) is 4.06. The van der Waals surface area contributed by atoms with Crippen molar-refractivity contribution in [2.45, 2.75) is 38.8 Å². The highest BCUT2D eigenvalue weighted by Gasteiger charge is 2.51. The molecular weight excluding hydrogens is 392 g/mol. The number of piperidine rings is 1. The zero-order valence-electron chi connectivity index (χ0n) is 17.0. The zero-order valence-corrected chi connectivity index (χ0v) is 17.0. The monoisotopic (exact) mass is 416 g/mol. The van der Waals surface area contributed by atoms with Gasteiger partial charge in [0, 0.05) is 38.0 Å². The maximum atomic E-state index is 13.0. The number of esters is 1. The molecule has 0 aromatic heterocycles. The molecule has 2 amide bonds. The highest BCUT2D eigenvalue weighted by Crippen LogP contribution is 2.41. The zero-order chi connectivity index (χ0) is 21.3. The summed E-state index contributed by atoms with van der Waals surface area (Å²) in [5, 5.41) is 2.88. The van der Waals surface area contributed by atoms with Gasteiger partial charge in [0.25, 0.3) is 5.91 Å². The average molecular weight is 416 g/mol. The lowest BCUT2D eigenvalue weighted by molar-refractivity contribution is -0.150. The molecule has 0 aliphatic carbocycles. The Labute approximate surface area is 173 Å². The van der Waals surface area contributed by atoms with Crippen molar-refractivity contribution in [2.75, 3.05) is 26.5 Å². The van der Waals surface area contributed by atoms with E-state index in [9.17, 15) is 14.4 Å². The van der Waals surface area contributed by atoms with E-state index < -0.39 is 17.7 Å². The molecule has 1 saturated heterocycles. The maximum absolute atomic E-state index is 13.0. The minimum Gasteiger partial charge on any atom is -0.454 e. The number of carbonyl (C=O) groups is 3. The Morgan fingerprint density at radius 1 is 1.20 bits per heavy atom. The van der Waals surface area contributed by atoms with Crippen LogP contribution in [0.4, 0.5) is 4.79 Å². The van der Waals surface area contributed by atoms with Crippen LogP contribution in [-0.4, -0.2) is 55.0 Å². The Morgan fingerprint density at radius 3 is 2.67 bits per heavy atom. The third kappa shape index (κ3) is 3.55. The van der Waals surface area contributed by atoms with Crippen LogP contribution < -0.4 is 14.8 Å². The third-order valence-corrected chi connectivity index (χ3v) is 5.64. The SMILES string of the molecule is CCOC(=O)N1CCC2(CC1)OC(=O)C(C)=C2C(=O)NCc1ccc2c(c1)OCO2.